The highest BCUT2D eigenvalue weighted by atomic mass is 35.5. The highest BCUT2D eigenvalue weighted by Crippen LogP contribution is 2.28. The molecular formula is C34H34Cl2FN3O4S. The second kappa shape index (κ2) is 15.9. The molecule has 1 atom stereocenters. The maximum absolute atomic E-state index is 14.4. The Hall–Kier alpha value is -3.92. The van der Waals surface area contributed by atoms with E-state index in [0.29, 0.717) is 17.1 Å². The van der Waals surface area contributed by atoms with Crippen molar-refractivity contribution < 1.29 is 22.4 Å². The predicted octanol–water partition coefficient (Wildman–Crippen LogP) is 6.88. The van der Waals surface area contributed by atoms with Crippen LogP contribution in [0.3, 0.4) is 0 Å². The van der Waals surface area contributed by atoms with E-state index in [9.17, 15) is 22.4 Å². The number of carbonyl (C=O) groups is 2. The molecule has 0 spiro atoms. The quantitative estimate of drug-likeness (QED) is 0.148. The molecule has 0 aliphatic carbocycles. The van der Waals surface area contributed by atoms with Crippen LogP contribution in [0.4, 0.5) is 10.1 Å². The fraction of sp³-hybridized carbons (Fsp3) is 0.235. The van der Waals surface area contributed by atoms with Gasteiger partial charge in [-0.2, -0.15) is 0 Å². The van der Waals surface area contributed by atoms with Crippen molar-refractivity contribution in [1.29, 1.82) is 0 Å². The average Bonchev–Trinajstić information content (AvgIpc) is 3.04. The Bertz CT molecular complexity index is 1690. The van der Waals surface area contributed by atoms with Gasteiger partial charge in [0.1, 0.15) is 18.4 Å². The largest absolute Gasteiger partial charge is 0.354 e. The SMILES string of the molecule is CCCCNC(=O)C(Cc1ccccc1)N(Cc1ccc(Cl)cc1)C(=O)CN(c1ccc(F)c(Cl)c1)S(=O)(=O)c1ccccc1. The molecule has 1 unspecified atom stereocenters. The van der Waals surface area contributed by atoms with Crippen molar-refractivity contribution >= 4 is 50.7 Å². The maximum atomic E-state index is 14.4. The van der Waals surface area contributed by atoms with E-state index in [1.54, 1.807) is 42.5 Å². The molecule has 0 heterocycles. The number of sulfonamides is 1. The summed E-state index contributed by atoms with van der Waals surface area (Å²) in [5.74, 6) is -1.74. The van der Waals surface area contributed by atoms with Crippen molar-refractivity contribution in [3.63, 3.8) is 0 Å². The monoisotopic (exact) mass is 669 g/mol. The van der Waals surface area contributed by atoms with Crippen LogP contribution in [0.2, 0.25) is 10.0 Å². The predicted molar refractivity (Wildman–Crippen MR) is 176 cm³/mol. The molecule has 0 fully saturated rings. The van der Waals surface area contributed by atoms with Gasteiger partial charge in [-0.3, -0.25) is 13.9 Å². The minimum absolute atomic E-state index is 0.00189. The number of anilines is 1. The molecule has 45 heavy (non-hydrogen) atoms. The van der Waals surface area contributed by atoms with E-state index in [1.165, 1.54) is 23.1 Å². The second-order valence-corrected chi connectivity index (χ2v) is 13.1. The summed E-state index contributed by atoms with van der Waals surface area (Å²) >= 11 is 12.2. The summed E-state index contributed by atoms with van der Waals surface area (Å²) in [5, 5.41) is 3.14. The number of rotatable bonds is 14. The third-order valence-corrected chi connectivity index (χ3v) is 9.50. The smallest absolute Gasteiger partial charge is 0.264 e. The average molecular weight is 671 g/mol. The Kier molecular flexibility index (Phi) is 12.0. The van der Waals surface area contributed by atoms with Gasteiger partial charge in [0, 0.05) is 24.5 Å². The fourth-order valence-corrected chi connectivity index (χ4v) is 6.46. The molecule has 4 rings (SSSR count). The van der Waals surface area contributed by atoms with Crippen LogP contribution >= 0.6 is 23.2 Å². The highest BCUT2D eigenvalue weighted by Gasteiger charge is 2.34. The van der Waals surface area contributed by atoms with Crippen LogP contribution in [-0.4, -0.2) is 44.3 Å². The second-order valence-electron chi connectivity index (χ2n) is 10.4. The lowest BCUT2D eigenvalue weighted by molar-refractivity contribution is -0.140. The Balaban J connectivity index is 1.79. The topological polar surface area (TPSA) is 86.8 Å². The zero-order valence-corrected chi connectivity index (χ0v) is 27.0. The van der Waals surface area contributed by atoms with Gasteiger partial charge in [-0.05, 0) is 60.0 Å². The van der Waals surface area contributed by atoms with Crippen molar-refractivity contribution in [2.75, 3.05) is 17.4 Å². The molecule has 11 heteroatoms. The molecular weight excluding hydrogens is 636 g/mol. The first kappa shape index (κ1) is 34.0. The summed E-state index contributed by atoms with van der Waals surface area (Å²) in [7, 11) is -4.33. The van der Waals surface area contributed by atoms with Gasteiger partial charge in [-0.15, -0.1) is 0 Å². The van der Waals surface area contributed by atoms with E-state index in [-0.39, 0.29) is 34.5 Å². The zero-order chi connectivity index (χ0) is 32.4. The normalized spacial score (nSPS) is 11.9. The van der Waals surface area contributed by atoms with E-state index in [0.717, 1.165) is 34.8 Å². The van der Waals surface area contributed by atoms with E-state index in [1.807, 2.05) is 37.3 Å². The number of unbranched alkanes of at least 4 members (excludes halogenated alkanes) is 1. The Morgan fingerprint density at radius 3 is 2.13 bits per heavy atom. The van der Waals surface area contributed by atoms with Crippen LogP contribution in [0.5, 0.6) is 0 Å². The summed E-state index contributed by atoms with van der Waals surface area (Å²) in [6.07, 6.45) is 1.80. The molecule has 0 aromatic heterocycles. The highest BCUT2D eigenvalue weighted by molar-refractivity contribution is 7.92. The molecule has 1 N–H and O–H groups in total. The van der Waals surface area contributed by atoms with Gasteiger partial charge < -0.3 is 10.2 Å². The minimum atomic E-state index is -4.33. The van der Waals surface area contributed by atoms with E-state index < -0.39 is 34.3 Å². The van der Waals surface area contributed by atoms with Crippen molar-refractivity contribution in [3.8, 4) is 0 Å². The van der Waals surface area contributed by atoms with Crippen LogP contribution in [0.25, 0.3) is 0 Å². The van der Waals surface area contributed by atoms with Crippen LogP contribution < -0.4 is 9.62 Å². The molecule has 7 nitrogen and oxygen atoms in total. The lowest BCUT2D eigenvalue weighted by atomic mass is 10.0. The number of benzene rings is 4. The lowest BCUT2D eigenvalue weighted by Crippen LogP contribution is -2.53. The van der Waals surface area contributed by atoms with Crippen molar-refractivity contribution in [3.05, 3.63) is 130 Å². The standard InChI is InChI=1S/C34H34Cl2FN3O4S/c1-2-3-20-38-34(42)32(21-25-10-6-4-7-11-25)39(23-26-14-16-27(35)17-15-26)33(41)24-40(28-18-19-31(37)30(36)22-28)45(43,44)29-12-8-5-9-13-29/h4-19,22,32H,2-3,20-21,23-24H2,1H3,(H,38,42). The van der Waals surface area contributed by atoms with E-state index in [4.69, 9.17) is 23.2 Å². The maximum Gasteiger partial charge on any atom is 0.264 e. The van der Waals surface area contributed by atoms with Crippen molar-refractivity contribution in [2.45, 2.75) is 43.7 Å². The van der Waals surface area contributed by atoms with Crippen LogP contribution in [-0.2, 0) is 32.6 Å². The summed E-state index contributed by atoms with van der Waals surface area (Å²) in [6, 6.07) is 26.2. The molecule has 0 bridgehead atoms. The van der Waals surface area contributed by atoms with Crippen LogP contribution in [0.1, 0.15) is 30.9 Å². The Morgan fingerprint density at radius 2 is 1.51 bits per heavy atom. The molecule has 2 amide bonds. The van der Waals surface area contributed by atoms with Gasteiger partial charge >= 0.3 is 0 Å². The first-order chi connectivity index (χ1) is 21.6. The first-order valence-corrected chi connectivity index (χ1v) is 16.7. The van der Waals surface area contributed by atoms with Crippen LogP contribution in [0, 0.1) is 5.82 Å². The fourth-order valence-electron chi connectivity index (χ4n) is 4.74. The minimum Gasteiger partial charge on any atom is -0.354 e. The molecule has 0 saturated heterocycles. The Labute approximate surface area is 273 Å². The molecule has 0 aliphatic heterocycles. The van der Waals surface area contributed by atoms with Crippen LogP contribution in [0.15, 0.2) is 108 Å². The number of nitrogens with one attached hydrogen (secondary N) is 1. The van der Waals surface area contributed by atoms with E-state index >= 15 is 0 Å². The number of nitrogens with zero attached hydrogens (tertiary/aromatic N) is 2. The number of amides is 2. The van der Waals surface area contributed by atoms with Gasteiger partial charge in [0.25, 0.3) is 10.0 Å². The third kappa shape index (κ3) is 9.06. The number of hydrogen-bond donors (Lipinski definition) is 1. The summed E-state index contributed by atoms with van der Waals surface area (Å²) < 4.78 is 43.0. The summed E-state index contributed by atoms with van der Waals surface area (Å²) in [5.41, 5.74) is 1.51. The molecule has 4 aromatic rings. The van der Waals surface area contributed by atoms with Gasteiger partial charge in [-0.25, -0.2) is 12.8 Å². The summed E-state index contributed by atoms with van der Waals surface area (Å²) in [4.78, 5) is 29.5. The van der Waals surface area contributed by atoms with Gasteiger partial charge in [-0.1, -0.05) is 97.2 Å². The Morgan fingerprint density at radius 1 is 0.867 bits per heavy atom. The molecule has 4 aromatic carbocycles. The third-order valence-electron chi connectivity index (χ3n) is 7.17. The number of carbonyl (C=O) groups excluding carboxylic acids is 2. The molecule has 0 aliphatic rings. The molecule has 0 saturated carbocycles. The lowest BCUT2D eigenvalue weighted by Gasteiger charge is -2.34. The summed E-state index contributed by atoms with van der Waals surface area (Å²) in [6.45, 7) is 1.75. The van der Waals surface area contributed by atoms with Gasteiger partial charge in [0.2, 0.25) is 11.8 Å². The van der Waals surface area contributed by atoms with Crippen molar-refractivity contribution in [2.24, 2.45) is 0 Å². The van der Waals surface area contributed by atoms with Gasteiger partial charge in [0.05, 0.1) is 15.6 Å². The number of hydrogen-bond acceptors (Lipinski definition) is 4. The molecule has 0 radical (unpaired) electrons. The zero-order valence-electron chi connectivity index (χ0n) is 24.7. The van der Waals surface area contributed by atoms with Crippen molar-refractivity contribution in [1.82, 2.24) is 10.2 Å². The van der Waals surface area contributed by atoms with E-state index in [2.05, 4.69) is 5.32 Å². The molecule has 236 valence electrons. The number of halogens is 3. The van der Waals surface area contributed by atoms with Gasteiger partial charge in [0.15, 0.2) is 0 Å². The first-order valence-electron chi connectivity index (χ1n) is 14.5.